The van der Waals surface area contributed by atoms with Crippen molar-refractivity contribution in [3.05, 3.63) is 40.2 Å². The number of anilines is 1. The molecule has 0 spiro atoms. The molecular formula is C17H23NO2. The summed E-state index contributed by atoms with van der Waals surface area (Å²) >= 11 is 0. The third-order valence-electron chi connectivity index (χ3n) is 3.66. The van der Waals surface area contributed by atoms with Crippen LogP contribution in [0.2, 0.25) is 0 Å². The van der Waals surface area contributed by atoms with Crippen molar-refractivity contribution >= 4 is 16.7 Å². The van der Waals surface area contributed by atoms with Gasteiger partial charge in [-0.1, -0.05) is 45.1 Å². The Labute approximate surface area is 119 Å². The van der Waals surface area contributed by atoms with Crippen LogP contribution in [0.15, 0.2) is 33.5 Å². The normalized spacial score (nSPS) is 11.1. The van der Waals surface area contributed by atoms with Gasteiger partial charge in [0.05, 0.1) is 0 Å². The third-order valence-corrected chi connectivity index (χ3v) is 3.66. The van der Waals surface area contributed by atoms with E-state index in [4.69, 9.17) is 10.2 Å². The van der Waals surface area contributed by atoms with Crippen LogP contribution in [-0.2, 0) is 6.42 Å². The minimum Gasteiger partial charge on any atom is -0.423 e. The number of rotatable bonds is 7. The van der Waals surface area contributed by atoms with E-state index in [1.807, 2.05) is 18.2 Å². The molecule has 3 nitrogen and oxygen atoms in total. The van der Waals surface area contributed by atoms with E-state index in [9.17, 15) is 4.79 Å². The van der Waals surface area contributed by atoms with Crippen molar-refractivity contribution in [1.82, 2.24) is 0 Å². The fourth-order valence-corrected chi connectivity index (χ4v) is 2.50. The molecule has 0 saturated carbocycles. The van der Waals surface area contributed by atoms with Gasteiger partial charge in [-0.05, 0) is 30.5 Å². The van der Waals surface area contributed by atoms with Gasteiger partial charge in [0.15, 0.2) is 0 Å². The van der Waals surface area contributed by atoms with E-state index >= 15 is 0 Å². The molecule has 20 heavy (non-hydrogen) atoms. The summed E-state index contributed by atoms with van der Waals surface area (Å²) < 4.78 is 5.13. The monoisotopic (exact) mass is 273 g/mol. The number of nitrogens with two attached hydrogens (primary N) is 1. The quantitative estimate of drug-likeness (QED) is 0.605. The lowest BCUT2D eigenvalue weighted by molar-refractivity contribution is 0.561. The van der Waals surface area contributed by atoms with Gasteiger partial charge in [-0.3, -0.25) is 0 Å². The van der Waals surface area contributed by atoms with Gasteiger partial charge in [-0.15, -0.1) is 0 Å². The van der Waals surface area contributed by atoms with Crippen LogP contribution in [0.5, 0.6) is 0 Å². The second-order valence-corrected chi connectivity index (χ2v) is 5.37. The van der Waals surface area contributed by atoms with E-state index < -0.39 is 5.63 Å². The second-order valence-electron chi connectivity index (χ2n) is 5.37. The SMILES string of the molecule is CCCCCCCCc1ccc2oc(=O)cc(N)c2c1. The van der Waals surface area contributed by atoms with Gasteiger partial charge in [-0.2, -0.15) is 0 Å². The van der Waals surface area contributed by atoms with Gasteiger partial charge >= 0.3 is 5.63 Å². The minimum atomic E-state index is -0.390. The van der Waals surface area contributed by atoms with Gasteiger partial charge < -0.3 is 10.2 Å². The molecule has 0 aliphatic rings. The highest BCUT2D eigenvalue weighted by atomic mass is 16.4. The lowest BCUT2D eigenvalue weighted by Gasteiger charge is -2.05. The van der Waals surface area contributed by atoms with Crippen LogP contribution in [-0.4, -0.2) is 0 Å². The van der Waals surface area contributed by atoms with Crippen molar-refractivity contribution in [2.45, 2.75) is 51.9 Å². The Morgan fingerprint density at radius 1 is 1.05 bits per heavy atom. The van der Waals surface area contributed by atoms with Crippen molar-refractivity contribution in [2.24, 2.45) is 0 Å². The number of nitrogen functional groups attached to an aromatic ring is 1. The number of aryl methyl sites for hydroxylation is 1. The average Bonchev–Trinajstić information content (AvgIpc) is 2.43. The lowest BCUT2D eigenvalue weighted by atomic mass is 10.0. The van der Waals surface area contributed by atoms with E-state index in [1.54, 1.807) is 0 Å². The Hall–Kier alpha value is -1.77. The van der Waals surface area contributed by atoms with E-state index in [-0.39, 0.29) is 0 Å². The topological polar surface area (TPSA) is 56.2 Å². The molecule has 2 aromatic rings. The molecule has 0 unspecified atom stereocenters. The van der Waals surface area contributed by atoms with Crippen LogP contribution in [0.25, 0.3) is 11.0 Å². The summed E-state index contributed by atoms with van der Waals surface area (Å²) in [6, 6.07) is 7.26. The Bertz CT molecular complexity index is 616. The first-order valence-corrected chi connectivity index (χ1v) is 7.53. The molecule has 2 rings (SSSR count). The Morgan fingerprint density at radius 3 is 2.60 bits per heavy atom. The molecule has 1 aromatic carbocycles. The van der Waals surface area contributed by atoms with Crippen LogP contribution in [0, 0.1) is 0 Å². The van der Waals surface area contributed by atoms with E-state index in [0.717, 1.165) is 11.8 Å². The molecular weight excluding hydrogens is 250 g/mol. The summed E-state index contributed by atoms with van der Waals surface area (Å²) in [6.45, 7) is 2.23. The number of unbranched alkanes of at least 4 members (excludes halogenated alkanes) is 5. The van der Waals surface area contributed by atoms with Crippen LogP contribution in [0.4, 0.5) is 5.69 Å². The third kappa shape index (κ3) is 3.86. The zero-order valence-electron chi connectivity index (χ0n) is 12.2. The maximum atomic E-state index is 11.2. The van der Waals surface area contributed by atoms with Crippen molar-refractivity contribution in [1.29, 1.82) is 0 Å². The van der Waals surface area contributed by atoms with Crippen LogP contribution < -0.4 is 11.4 Å². The average molecular weight is 273 g/mol. The first kappa shape index (κ1) is 14.6. The van der Waals surface area contributed by atoms with E-state index in [2.05, 4.69) is 6.92 Å². The predicted molar refractivity (Wildman–Crippen MR) is 84.0 cm³/mol. The zero-order chi connectivity index (χ0) is 14.4. The molecule has 0 fully saturated rings. The van der Waals surface area contributed by atoms with Gasteiger partial charge in [0, 0.05) is 17.1 Å². The number of benzene rings is 1. The molecule has 0 saturated heterocycles. The molecule has 3 heteroatoms. The first-order chi connectivity index (χ1) is 9.70. The molecule has 0 aliphatic heterocycles. The molecule has 1 aromatic heterocycles. The first-order valence-electron chi connectivity index (χ1n) is 7.53. The lowest BCUT2D eigenvalue weighted by Crippen LogP contribution is -2.00. The molecule has 2 N–H and O–H groups in total. The molecule has 0 bridgehead atoms. The summed E-state index contributed by atoms with van der Waals surface area (Å²) in [4.78, 5) is 11.2. The Kier molecular flexibility index (Phi) is 5.22. The summed E-state index contributed by atoms with van der Waals surface area (Å²) in [6.07, 6.45) is 8.81. The van der Waals surface area contributed by atoms with Gasteiger partial charge in [0.2, 0.25) is 0 Å². The highest BCUT2D eigenvalue weighted by Gasteiger charge is 2.04. The Balaban J connectivity index is 1.96. The van der Waals surface area contributed by atoms with Crippen molar-refractivity contribution in [2.75, 3.05) is 5.73 Å². The van der Waals surface area contributed by atoms with Crippen LogP contribution in [0.1, 0.15) is 51.0 Å². The maximum Gasteiger partial charge on any atom is 0.338 e. The highest BCUT2D eigenvalue weighted by Crippen LogP contribution is 2.21. The summed E-state index contributed by atoms with van der Waals surface area (Å²) in [7, 11) is 0. The molecule has 108 valence electrons. The number of fused-ring (bicyclic) bond motifs is 1. The number of hydrogen-bond acceptors (Lipinski definition) is 3. The maximum absolute atomic E-state index is 11.2. The number of hydrogen-bond donors (Lipinski definition) is 1. The predicted octanol–water partition coefficient (Wildman–Crippen LogP) is 4.28. The standard InChI is InChI=1S/C17H23NO2/c1-2-3-4-5-6-7-8-13-9-10-16-14(11-13)15(18)12-17(19)20-16/h9-12H,2-8,18H2,1H3. The minimum absolute atomic E-state index is 0.390. The fourth-order valence-electron chi connectivity index (χ4n) is 2.50. The summed E-state index contributed by atoms with van der Waals surface area (Å²) in [5, 5.41) is 0.841. The van der Waals surface area contributed by atoms with Crippen LogP contribution >= 0.6 is 0 Å². The van der Waals surface area contributed by atoms with Crippen molar-refractivity contribution < 1.29 is 4.42 Å². The molecule has 0 amide bonds. The summed E-state index contributed by atoms with van der Waals surface area (Å²) in [5.41, 5.74) is 7.82. The largest absolute Gasteiger partial charge is 0.423 e. The Morgan fingerprint density at radius 2 is 1.80 bits per heavy atom. The summed E-state index contributed by atoms with van der Waals surface area (Å²) in [5.74, 6) is 0. The van der Waals surface area contributed by atoms with Crippen molar-refractivity contribution in [3.8, 4) is 0 Å². The van der Waals surface area contributed by atoms with Crippen LogP contribution in [0.3, 0.4) is 0 Å². The second kappa shape index (κ2) is 7.13. The molecule has 1 heterocycles. The van der Waals surface area contributed by atoms with Crippen molar-refractivity contribution in [3.63, 3.8) is 0 Å². The zero-order valence-corrected chi connectivity index (χ0v) is 12.2. The van der Waals surface area contributed by atoms with Gasteiger partial charge in [0.25, 0.3) is 0 Å². The molecule has 0 radical (unpaired) electrons. The van der Waals surface area contributed by atoms with E-state index in [0.29, 0.717) is 11.3 Å². The van der Waals surface area contributed by atoms with Gasteiger partial charge in [0.1, 0.15) is 5.58 Å². The molecule has 0 aliphatic carbocycles. The smallest absolute Gasteiger partial charge is 0.338 e. The van der Waals surface area contributed by atoms with E-state index in [1.165, 1.54) is 50.2 Å². The highest BCUT2D eigenvalue weighted by molar-refractivity contribution is 5.88. The fraction of sp³-hybridized carbons (Fsp3) is 0.471. The van der Waals surface area contributed by atoms with Gasteiger partial charge in [-0.25, -0.2) is 4.79 Å². The molecule has 0 atom stereocenters.